The molecule has 0 radical (unpaired) electrons. The van der Waals surface area contributed by atoms with Crippen molar-refractivity contribution < 1.29 is 9.53 Å². The molecule has 1 saturated heterocycles. The maximum Gasteiger partial charge on any atom is 0.256 e. The molecule has 0 saturated carbocycles. The van der Waals surface area contributed by atoms with Crippen molar-refractivity contribution in [3.63, 3.8) is 0 Å². The molecule has 2 aliphatic rings. The normalized spacial score (nSPS) is 21.9. The molecule has 0 aliphatic carbocycles. The molecule has 1 amide bonds. The van der Waals surface area contributed by atoms with Crippen molar-refractivity contribution in [1.29, 1.82) is 0 Å². The van der Waals surface area contributed by atoms with Crippen LogP contribution < -0.4 is 0 Å². The molecule has 0 bridgehead atoms. The van der Waals surface area contributed by atoms with Gasteiger partial charge >= 0.3 is 0 Å². The summed E-state index contributed by atoms with van der Waals surface area (Å²) in [6.45, 7) is 4.12. The van der Waals surface area contributed by atoms with Crippen molar-refractivity contribution in [2.24, 2.45) is 0 Å². The third kappa shape index (κ3) is 4.31. The van der Waals surface area contributed by atoms with Gasteiger partial charge in [0.15, 0.2) is 5.60 Å². The average Bonchev–Trinajstić information content (AvgIpc) is 2.98. The SMILES string of the molecule is O=C1N(CCc2ccccc2)CC=CC[C@]12CN(Cc1ccnc3ccccc13)CCO2. The van der Waals surface area contributed by atoms with Crippen molar-refractivity contribution in [2.75, 3.05) is 32.8 Å². The first-order valence-electron chi connectivity index (χ1n) is 11.4. The monoisotopic (exact) mass is 427 g/mol. The molecule has 1 atom stereocenters. The smallest absolute Gasteiger partial charge is 0.256 e. The number of amides is 1. The van der Waals surface area contributed by atoms with Crippen LogP contribution in [0.15, 0.2) is 79.0 Å². The van der Waals surface area contributed by atoms with Gasteiger partial charge in [-0.3, -0.25) is 14.7 Å². The number of benzene rings is 2. The zero-order valence-electron chi connectivity index (χ0n) is 18.3. The van der Waals surface area contributed by atoms with Crippen molar-refractivity contribution in [3.05, 3.63) is 90.1 Å². The Hall–Kier alpha value is -3.02. The molecule has 1 fully saturated rings. The van der Waals surface area contributed by atoms with E-state index in [0.717, 1.165) is 25.0 Å². The number of aromatic nitrogens is 1. The lowest BCUT2D eigenvalue weighted by Gasteiger charge is -2.42. The van der Waals surface area contributed by atoms with Crippen LogP contribution in [0.25, 0.3) is 10.9 Å². The number of nitrogens with zero attached hydrogens (tertiary/aromatic N) is 3. The largest absolute Gasteiger partial charge is 0.362 e. The highest BCUT2D eigenvalue weighted by atomic mass is 16.5. The predicted molar refractivity (Wildman–Crippen MR) is 126 cm³/mol. The molecule has 3 aromatic rings. The lowest BCUT2D eigenvalue weighted by Crippen LogP contribution is -2.60. The van der Waals surface area contributed by atoms with Gasteiger partial charge in [0.25, 0.3) is 5.91 Å². The van der Waals surface area contributed by atoms with Gasteiger partial charge in [-0.1, -0.05) is 60.7 Å². The first-order valence-corrected chi connectivity index (χ1v) is 11.4. The van der Waals surface area contributed by atoms with Gasteiger partial charge in [-0.05, 0) is 29.7 Å². The van der Waals surface area contributed by atoms with Crippen molar-refractivity contribution in [2.45, 2.75) is 25.0 Å². The summed E-state index contributed by atoms with van der Waals surface area (Å²) < 4.78 is 6.24. The van der Waals surface area contributed by atoms with Gasteiger partial charge in [0.1, 0.15) is 0 Å². The minimum Gasteiger partial charge on any atom is -0.362 e. The van der Waals surface area contributed by atoms with Crippen molar-refractivity contribution in [3.8, 4) is 0 Å². The molecule has 1 aromatic heterocycles. The lowest BCUT2D eigenvalue weighted by molar-refractivity contribution is -0.170. The van der Waals surface area contributed by atoms with Gasteiger partial charge in [0.05, 0.1) is 12.1 Å². The summed E-state index contributed by atoms with van der Waals surface area (Å²) in [4.78, 5) is 22.5. The van der Waals surface area contributed by atoms with E-state index >= 15 is 0 Å². The summed E-state index contributed by atoms with van der Waals surface area (Å²) in [5, 5.41) is 1.17. The maximum atomic E-state index is 13.7. The third-order valence-electron chi connectivity index (χ3n) is 6.53. The van der Waals surface area contributed by atoms with Gasteiger partial charge in [-0.25, -0.2) is 0 Å². The Morgan fingerprint density at radius 3 is 2.75 bits per heavy atom. The van der Waals surface area contributed by atoms with Crippen LogP contribution in [0.5, 0.6) is 0 Å². The summed E-state index contributed by atoms with van der Waals surface area (Å²) in [5.41, 5.74) is 2.70. The minimum atomic E-state index is -0.801. The van der Waals surface area contributed by atoms with Gasteiger partial charge in [-0.2, -0.15) is 0 Å². The van der Waals surface area contributed by atoms with E-state index in [2.05, 4.69) is 52.4 Å². The van der Waals surface area contributed by atoms with E-state index in [-0.39, 0.29) is 5.91 Å². The van der Waals surface area contributed by atoms with Crippen LogP contribution in [-0.2, 0) is 22.5 Å². The summed E-state index contributed by atoms with van der Waals surface area (Å²) in [6, 6.07) is 20.7. The highest BCUT2D eigenvalue weighted by Crippen LogP contribution is 2.29. The number of rotatable bonds is 5. The molecule has 0 N–H and O–H groups in total. The molecule has 32 heavy (non-hydrogen) atoms. The van der Waals surface area contributed by atoms with Crippen LogP contribution in [-0.4, -0.2) is 59.1 Å². The number of carbonyl (C=O) groups is 1. The topological polar surface area (TPSA) is 45.7 Å². The number of hydrogen-bond donors (Lipinski definition) is 0. The summed E-state index contributed by atoms with van der Waals surface area (Å²) >= 11 is 0. The van der Waals surface area contributed by atoms with E-state index in [4.69, 9.17) is 4.74 Å². The molecule has 1 spiro atoms. The van der Waals surface area contributed by atoms with Gasteiger partial charge in [-0.15, -0.1) is 0 Å². The Morgan fingerprint density at radius 1 is 1.00 bits per heavy atom. The van der Waals surface area contributed by atoms with E-state index in [9.17, 15) is 4.79 Å². The Bertz CT molecular complexity index is 1110. The Balaban J connectivity index is 1.32. The van der Waals surface area contributed by atoms with Crippen molar-refractivity contribution in [1.82, 2.24) is 14.8 Å². The van der Waals surface area contributed by atoms with Crippen LogP contribution >= 0.6 is 0 Å². The van der Waals surface area contributed by atoms with E-state index in [1.54, 1.807) is 0 Å². The van der Waals surface area contributed by atoms with Gasteiger partial charge in [0, 0.05) is 50.7 Å². The highest BCUT2D eigenvalue weighted by Gasteiger charge is 2.45. The Kier molecular flexibility index (Phi) is 6.02. The second-order valence-corrected chi connectivity index (χ2v) is 8.70. The summed E-state index contributed by atoms with van der Waals surface area (Å²) in [6.07, 6.45) is 7.57. The number of fused-ring (bicyclic) bond motifs is 1. The molecular weight excluding hydrogens is 398 g/mol. The predicted octanol–water partition coefficient (Wildman–Crippen LogP) is 3.84. The summed E-state index contributed by atoms with van der Waals surface area (Å²) in [5.74, 6) is 0.114. The molecule has 0 unspecified atom stereocenters. The fraction of sp³-hybridized carbons (Fsp3) is 0.333. The number of pyridine rings is 1. The van der Waals surface area contributed by atoms with Crippen LogP contribution in [0.2, 0.25) is 0 Å². The fourth-order valence-corrected chi connectivity index (χ4v) is 4.81. The van der Waals surface area contributed by atoms with Gasteiger partial charge < -0.3 is 9.64 Å². The van der Waals surface area contributed by atoms with Crippen molar-refractivity contribution >= 4 is 16.8 Å². The summed E-state index contributed by atoms with van der Waals surface area (Å²) in [7, 11) is 0. The molecule has 2 aliphatic heterocycles. The molecule has 3 heterocycles. The van der Waals surface area contributed by atoms with Crippen LogP contribution in [0.1, 0.15) is 17.5 Å². The zero-order chi connectivity index (χ0) is 21.8. The number of morpholine rings is 1. The lowest BCUT2D eigenvalue weighted by atomic mass is 9.95. The molecule has 5 nitrogen and oxygen atoms in total. The molecular formula is C27H29N3O2. The zero-order valence-corrected chi connectivity index (χ0v) is 18.3. The number of para-hydroxylation sites is 1. The molecule has 164 valence electrons. The Labute approximate surface area is 189 Å². The van der Waals surface area contributed by atoms with E-state index in [1.165, 1.54) is 16.5 Å². The number of carbonyl (C=O) groups excluding carboxylic acids is 1. The number of ether oxygens (including phenoxy) is 1. The van der Waals surface area contributed by atoms with E-state index in [0.29, 0.717) is 32.7 Å². The van der Waals surface area contributed by atoms with Crippen LogP contribution in [0.3, 0.4) is 0 Å². The minimum absolute atomic E-state index is 0.114. The third-order valence-corrected chi connectivity index (χ3v) is 6.53. The average molecular weight is 428 g/mol. The maximum absolute atomic E-state index is 13.7. The standard InChI is InChI=1S/C27H29N3O2/c31-26-27(14-6-7-16-30(26)17-13-22-8-2-1-3-9-22)21-29(18-19-32-27)20-23-12-15-28-25-11-5-4-10-24(23)25/h1-12,15H,13-14,16-21H2/t27-/m0/s1. The quantitative estimate of drug-likeness (QED) is 0.581. The van der Waals surface area contributed by atoms with E-state index < -0.39 is 5.60 Å². The molecule has 2 aromatic carbocycles. The molecule has 5 heteroatoms. The highest BCUT2D eigenvalue weighted by molar-refractivity contribution is 5.86. The second kappa shape index (κ2) is 9.23. The Morgan fingerprint density at radius 2 is 1.84 bits per heavy atom. The van der Waals surface area contributed by atoms with Crippen LogP contribution in [0, 0.1) is 0 Å². The molecule has 5 rings (SSSR count). The second-order valence-electron chi connectivity index (χ2n) is 8.70. The van der Waals surface area contributed by atoms with Crippen LogP contribution in [0.4, 0.5) is 0 Å². The van der Waals surface area contributed by atoms with E-state index in [1.807, 2.05) is 41.4 Å². The first-order chi connectivity index (χ1) is 15.7. The first kappa shape index (κ1) is 20.9. The van der Waals surface area contributed by atoms with Gasteiger partial charge in [0.2, 0.25) is 0 Å². The fourth-order valence-electron chi connectivity index (χ4n) is 4.81. The number of hydrogen-bond acceptors (Lipinski definition) is 4.